The fourth-order valence-electron chi connectivity index (χ4n) is 2.75. The second kappa shape index (κ2) is 7.74. The van der Waals surface area contributed by atoms with Crippen molar-refractivity contribution in [3.8, 4) is 11.4 Å². The van der Waals surface area contributed by atoms with Gasteiger partial charge in [-0.3, -0.25) is 0 Å². The van der Waals surface area contributed by atoms with Gasteiger partial charge in [0, 0.05) is 17.9 Å². The van der Waals surface area contributed by atoms with E-state index in [0.717, 1.165) is 28.4 Å². The molecule has 0 bridgehead atoms. The van der Waals surface area contributed by atoms with E-state index in [9.17, 15) is 4.79 Å². The lowest BCUT2D eigenvalue weighted by Gasteiger charge is -2.10. The molecule has 0 aliphatic heterocycles. The van der Waals surface area contributed by atoms with Crippen LogP contribution in [0.25, 0.3) is 5.69 Å². The van der Waals surface area contributed by atoms with Crippen molar-refractivity contribution in [2.45, 2.75) is 20.4 Å². The van der Waals surface area contributed by atoms with E-state index < -0.39 is 0 Å². The Morgan fingerprint density at radius 1 is 1.12 bits per heavy atom. The molecule has 0 aliphatic carbocycles. The van der Waals surface area contributed by atoms with Gasteiger partial charge in [-0.1, -0.05) is 18.2 Å². The number of nitrogens with one attached hydrogen (secondary N) is 2. The van der Waals surface area contributed by atoms with Crippen LogP contribution in [0.5, 0.6) is 5.75 Å². The van der Waals surface area contributed by atoms with Crippen LogP contribution in [0.1, 0.15) is 17.0 Å². The average molecular weight is 350 g/mol. The number of amides is 2. The Bertz CT molecular complexity index is 918. The number of hydrogen-bond donors (Lipinski definition) is 2. The maximum Gasteiger partial charge on any atom is 0.319 e. The predicted octanol–water partition coefficient (Wildman–Crippen LogP) is 3.82. The Balaban J connectivity index is 1.64. The van der Waals surface area contributed by atoms with E-state index in [-0.39, 0.29) is 6.03 Å². The number of carbonyl (C=O) groups excluding carboxylic acids is 1. The summed E-state index contributed by atoms with van der Waals surface area (Å²) >= 11 is 0. The zero-order chi connectivity index (χ0) is 18.5. The van der Waals surface area contributed by atoms with Crippen LogP contribution < -0.4 is 15.4 Å². The van der Waals surface area contributed by atoms with Crippen molar-refractivity contribution in [3.63, 3.8) is 0 Å². The summed E-state index contributed by atoms with van der Waals surface area (Å²) in [4.78, 5) is 12.2. The first-order valence-electron chi connectivity index (χ1n) is 8.36. The van der Waals surface area contributed by atoms with Crippen molar-refractivity contribution in [2.75, 3.05) is 12.4 Å². The SMILES string of the molecule is COc1cccc(CNC(=O)Nc2cccc(-n3nc(C)cc3C)c2)c1. The first-order chi connectivity index (χ1) is 12.5. The van der Waals surface area contributed by atoms with Gasteiger partial charge in [-0.2, -0.15) is 5.10 Å². The number of aromatic nitrogens is 2. The lowest BCUT2D eigenvalue weighted by atomic mass is 10.2. The number of aryl methyl sites for hydroxylation is 2. The summed E-state index contributed by atoms with van der Waals surface area (Å²) in [5, 5.41) is 10.2. The number of ether oxygens (including phenoxy) is 1. The monoisotopic (exact) mass is 350 g/mol. The fraction of sp³-hybridized carbons (Fsp3) is 0.200. The van der Waals surface area contributed by atoms with Gasteiger partial charge in [0.05, 0.1) is 18.5 Å². The minimum Gasteiger partial charge on any atom is -0.497 e. The van der Waals surface area contributed by atoms with Crippen LogP contribution in [0.3, 0.4) is 0 Å². The van der Waals surface area contributed by atoms with Crippen molar-refractivity contribution < 1.29 is 9.53 Å². The van der Waals surface area contributed by atoms with Crippen LogP contribution in [0.15, 0.2) is 54.6 Å². The van der Waals surface area contributed by atoms with Crippen molar-refractivity contribution in [1.29, 1.82) is 0 Å². The second-order valence-electron chi connectivity index (χ2n) is 6.05. The summed E-state index contributed by atoms with van der Waals surface area (Å²) in [5.74, 6) is 0.766. The molecule has 1 heterocycles. The number of anilines is 1. The van der Waals surface area contributed by atoms with Gasteiger partial charge in [-0.15, -0.1) is 0 Å². The number of benzene rings is 2. The molecule has 0 radical (unpaired) electrons. The molecule has 2 aromatic carbocycles. The summed E-state index contributed by atoms with van der Waals surface area (Å²) < 4.78 is 7.04. The van der Waals surface area contributed by atoms with Crippen molar-refractivity contribution in [2.24, 2.45) is 0 Å². The second-order valence-corrected chi connectivity index (χ2v) is 6.05. The Morgan fingerprint density at radius 2 is 1.92 bits per heavy atom. The third-order valence-electron chi connectivity index (χ3n) is 3.95. The number of urea groups is 1. The highest BCUT2D eigenvalue weighted by Gasteiger charge is 2.07. The van der Waals surface area contributed by atoms with Gasteiger partial charge in [0.2, 0.25) is 0 Å². The van der Waals surface area contributed by atoms with E-state index in [1.807, 2.05) is 73.1 Å². The van der Waals surface area contributed by atoms with Gasteiger partial charge in [0.1, 0.15) is 5.75 Å². The van der Waals surface area contributed by atoms with Crippen molar-refractivity contribution in [3.05, 3.63) is 71.5 Å². The molecule has 0 saturated heterocycles. The molecule has 1 aromatic heterocycles. The van der Waals surface area contributed by atoms with E-state index in [1.54, 1.807) is 7.11 Å². The van der Waals surface area contributed by atoms with E-state index in [0.29, 0.717) is 12.2 Å². The molecule has 3 aromatic rings. The molecule has 0 saturated carbocycles. The molecular weight excluding hydrogens is 328 g/mol. The molecular formula is C20H22N4O2. The van der Waals surface area contributed by atoms with Crippen LogP contribution in [0, 0.1) is 13.8 Å². The molecule has 0 spiro atoms. The third-order valence-corrected chi connectivity index (χ3v) is 3.95. The number of carbonyl (C=O) groups is 1. The predicted molar refractivity (Wildman–Crippen MR) is 102 cm³/mol. The lowest BCUT2D eigenvalue weighted by molar-refractivity contribution is 0.251. The highest BCUT2D eigenvalue weighted by molar-refractivity contribution is 5.89. The molecule has 6 heteroatoms. The molecule has 0 aliphatic rings. The topological polar surface area (TPSA) is 68.2 Å². The third kappa shape index (κ3) is 4.22. The highest BCUT2D eigenvalue weighted by Crippen LogP contribution is 2.17. The summed E-state index contributed by atoms with van der Waals surface area (Å²) in [7, 11) is 1.62. The molecule has 0 fully saturated rings. The Morgan fingerprint density at radius 3 is 2.65 bits per heavy atom. The van der Waals surface area contributed by atoms with Gasteiger partial charge in [0.25, 0.3) is 0 Å². The molecule has 2 N–H and O–H groups in total. The first-order valence-corrected chi connectivity index (χ1v) is 8.36. The Kier molecular flexibility index (Phi) is 5.22. The van der Waals surface area contributed by atoms with Gasteiger partial charge < -0.3 is 15.4 Å². The minimum atomic E-state index is -0.265. The zero-order valence-electron chi connectivity index (χ0n) is 15.1. The minimum absolute atomic E-state index is 0.265. The van der Waals surface area contributed by atoms with E-state index >= 15 is 0 Å². The van der Waals surface area contributed by atoms with Gasteiger partial charge >= 0.3 is 6.03 Å². The number of nitrogens with zero attached hydrogens (tertiary/aromatic N) is 2. The van der Waals surface area contributed by atoms with Gasteiger partial charge in [-0.25, -0.2) is 9.48 Å². The summed E-state index contributed by atoms with van der Waals surface area (Å²) in [6.07, 6.45) is 0. The van der Waals surface area contributed by atoms with Crippen LogP contribution in [0.4, 0.5) is 10.5 Å². The number of methoxy groups -OCH3 is 1. The van der Waals surface area contributed by atoms with Crippen LogP contribution >= 0.6 is 0 Å². The quantitative estimate of drug-likeness (QED) is 0.735. The van der Waals surface area contributed by atoms with E-state index in [2.05, 4.69) is 15.7 Å². The zero-order valence-corrected chi connectivity index (χ0v) is 15.1. The lowest BCUT2D eigenvalue weighted by Crippen LogP contribution is -2.28. The largest absolute Gasteiger partial charge is 0.497 e. The van der Waals surface area contributed by atoms with E-state index in [4.69, 9.17) is 4.74 Å². The normalized spacial score (nSPS) is 10.4. The Labute approximate surface area is 152 Å². The van der Waals surface area contributed by atoms with Crippen LogP contribution in [-0.4, -0.2) is 22.9 Å². The molecule has 6 nitrogen and oxygen atoms in total. The van der Waals surface area contributed by atoms with Crippen molar-refractivity contribution >= 4 is 11.7 Å². The Hall–Kier alpha value is -3.28. The number of hydrogen-bond acceptors (Lipinski definition) is 3. The van der Waals surface area contributed by atoms with Crippen LogP contribution in [0.2, 0.25) is 0 Å². The molecule has 0 atom stereocenters. The molecule has 26 heavy (non-hydrogen) atoms. The summed E-state index contributed by atoms with van der Waals surface area (Å²) in [6, 6.07) is 16.9. The maximum atomic E-state index is 12.2. The summed E-state index contributed by atoms with van der Waals surface area (Å²) in [5.41, 5.74) is 4.58. The smallest absolute Gasteiger partial charge is 0.319 e. The van der Waals surface area contributed by atoms with Crippen LogP contribution in [-0.2, 0) is 6.54 Å². The van der Waals surface area contributed by atoms with Gasteiger partial charge in [0.15, 0.2) is 0 Å². The average Bonchev–Trinajstić information content (AvgIpc) is 2.98. The molecule has 3 rings (SSSR count). The molecule has 134 valence electrons. The highest BCUT2D eigenvalue weighted by atomic mass is 16.5. The molecule has 2 amide bonds. The molecule has 0 unspecified atom stereocenters. The standard InChI is InChI=1S/C20H22N4O2/c1-14-10-15(2)24(23-14)18-8-5-7-17(12-18)22-20(25)21-13-16-6-4-9-19(11-16)26-3/h4-12H,13H2,1-3H3,(H2,21,22,25). The van der Waals surface area contributed by atoms with Crippen molar-refractivity contribution in [1.82, 2.24) is 15.1 Å². The first kappa shape index (κ1) is 17.5. The van der Waals surface area contributed by atoms with E-state index in [1.165, 1.54) is 0 Å². The van der Waals surface area contributed by atoms with Gasteiger partial charge in [-0.05, 0) is 55.8 Å². The maximum absolute atomic E-state index is 12.2. The fourth-order valence-corrected chi connectivity index (χ4v) is 2.75. The summed E-state index contributed by atoms with van der Waals surface area (Å²) in [6.45, 7) is 4.37. The number of rotatable bonds is 5.